The summed E-state index contributed by atoms with van der Waals surface area (Å²) in [4.78, 5) is 5.31. The summed E-state index contributed by atoms with van der Waals surface area (Å²) in [7, 11) is 0. The van der Waals surface area contributed by atoms with Crippen LogP contribution >= 0.6 is 0 Å². The average Bonchev–Trinajstić information content (AvgIpc) is 3.34. The Morgan fingerprint density at radius 1 is 0.660 bits per heavy atom. The molecule has 1 aliphatic carbocycles. The summed E-state index contributed by atoms with van der Waals surface area (Å²) in [6.45, 7) is 0. The highest BCUT2D eigenvalue weighted by molar-refractivity contribution is 6.25. The number of nitrogens with one attached hydrogen (secondary N) is 1. The van der Waals surface area contributed by atoms with Crippen LogP contribution in [0, 0.1) is 12.1 Å². The third-order valence-electron chi connectivity index (χ3n) is 9.97. The van der Waals surface area contributed by atoms with Gasteiger partial charge in [-0.25, -0.2) is 0 Å². The van der Waals surface area contributed by atoms with E-state index in [2.05, 4.69) is 163 Å². The highest BCUT2D eigenvalue weighted by atomic mass is 16.3. The van der Waals surface area contributed by atoms with Crippen molar-refractivity contribution in [3.05, 3.63) is 192 Å². The summed E-state index contributed by atoms with van der Waals surface area (Å²) < 4.78 is 6.49. The Hall–Kier alpha value is -6.63. The third-order valence-corrected chi connectivity index (χ3v) is 9.97. The van der Waals surface area contributed by atoms with E-state index in [9.17, 15) is 0 Å². The molecule has 50 heavy (non-hydrogen) atoms. The second-order valence-corrected chi connectivity index (χ2v) is 12.9. The molecule has 0 saturated heterocycles. The van der Waals surface area contributed by atoms with E-state index in [1.165, 1.54) is 26.9 Å². The van der Waals surface area contributed by atoms with Crippen LogP contribution in [0.4, 0.5) is 0 Å². The third kappa shape index (κ3) is 4.65. The molecule has 1 unspecified atom stereocenters. The Kier molecular flexibility index (Phi) is 6.54. The molecule has 10 rings (SSSR count). The fourth-order valence-corrected chi connectivity index (χ4v) is 7.60. The van der Waals surface area contributed by atoms with E-state index in [-0.39, 0.29) is 6.17 Å². The monoisotopic (exact) mass is 638 g/mol. The van der Waals surface area contributed by atoms with Crippen LogP contribution in [0.3, 0.4) is 0 Å². The number of allylic oxidation sites excluding steroid dienone is 6. The largest absolute Gasteiger partial charge is 0.456 e. The molecule has 0 radical (unpaired) electrons. The fourth-order valence-electron chi connectivity index (χ4n) is 7.60. The second-order valence-electron chi connectivity index (χ2n) is 12.9. The predicted molar refractivity (Wildman–Crippen MR) is 207 cm³/mol. The Morgan fingerprint density at radius 3 is 2.36 bits per heavy atom. The van der Waals surface area contributed by atoms with Gasteiger partial charge >= 0.3 is 0 Å². The summed E-state index contributed by atoms with van der Waals surface area (Å²) in [5, 5.41) is 13.1. The van der Waals surface area contributed by atoms with Gasteiger partial charge in [-0.15, -0.1) is 0 Å². The zero-order valence-corrected chi connectivity index (χ0v) is 27.2. The number of hydrogen-bond donors (Lipinski definition) is 1. The standard InChI is InChI=1S/C47H30N2O/c1-2-5-14-30(13-4-1)42-29-43(31-15-6-3-7-16-31)49-47(48-42)39-21-12-22-45-46(39)41-28-33(24-26-44(41)50-45)32-23-25-38-36-19-9-8-17-34(36)35-18-10-11-20-37(35)40(38)27-32/h1-4,6-10,12-19,21-29,47-48H,5H2. The molecule has 234 valence electrons. The maximum absolute atomic E-state index is 6.49. The molecule has 2 heterocycles. The van der Waals surface area contributed by atoms with Crippen molar-refractivity contribution < 1.29 is 4.42 Å². The average molecular weight is 639 g/mol. The zero-order valence-electron chi connectivity index (χ0n) is 27.2. The lowest BCUT2D eigenvalue weighted by Crippen LogP contribution is -2.26. The molecule has 8 aromatic rings. The molecule has 1 N–H and O–H groups in total. The van der Waals surface area contributed by atoms with E-state index < -0.39 is 0 Å². The summed E-state index contributed by atoms with van der Waals surface area (Å²) in [6, 6.07) is 49.4. The van der Waals surface area contributed by atoms with E-state index in [0.29, 0.717) is 0 Å². The first-order valence-electron chi connectivity index (χ1n) is 17.1. The number of hydrogen-bond acceptors (Lipinski definition) is 3. The summed E-state index contributed by atoms with van der Waals surface area (Å²) in [5.74, 6) is 0. The van der Waals surface area contributed by atoms with Gasteiger partial charge in [-0.3, -0.25) is 4.99 Å². The van der Waals surface area contributed by atoms with Gasteiger partial charge in [0.2, 0.25) is 0 Å². The molecule has 1 aromatic heterocycles. The zero-order chi connectivity index (χ0) is 33.0. The van der Waals surface area contributed by atoms with E-state index >= 15 is 0 Å². The van der Waals surface area contributed by atoms with Gasteiger partial charge in [0.1, 0.15) is 17.3 Å². The molecule has 3 heteroatoms. The molecule has 0 fully saturated rings. The molecular weight excluding hydrogens is 609 g/mol. The van der Waals surface area contributed by atoms with Gasteiger partial charge in [0.15, 0.2) is 0 Å². The molecule has 1 aliphatic heterocycles. The van der Waals surface area contributed by atoms with E-state index in [1.807, 2.05) is 12.1 Å². The van der Waals surface area contributed by atoms with Gasteiger partial charge < -0.3 is 9.73 Å². The van der Waals surface area contributed by atoms with Crippen LogP contribution in [0.2, 0.25) is 0 Å². The Balaban J connectivity index is 1.13. The highest BCUT2D eigenvalue weighted by Gasteiger charge is 2.24. The Labute approximate surface area is 289 Å². The lowest BCUT2D eigenvalue weighted by atomic mass is 9.92. The minimum atomic E-state index is -0.309. The molecule has 2 aliphatic rings. The summed E-state index contributed by atoms with van der Waals surface area (Å²) >= 11 is 0. The molecule has 1 atom stereocenters. The van der Waals surface area contributed by atoms with Crippen molar-refractivity contribution in [1.82, 2.24) is 5.32 Å². The number of nitrogens with zero attached hydrogens (tertiary/aromatic N) is 1. The van der Waals surface area contributed by atoms with Crippen LogP contribution in [0.25, 0.3) is 65.4 Å². The van der Waals surface area contributed by atoms with Gasteiger partial charge in [0, 0.05) is 27.4 Å². The lowest BCUT2D eigenvalue weighted by molar-refractivity contribution is 0.628. The predicted octanol–water partition coefficient (Wildman–Crippen LogP) is 11.7. The van der Waals surface area contributed by atoms with Crippen LogP contribution in [-0.4, -0.2) is 5.71 Å². The number of fused-ring (bicyclic) bond motifs is 9. The normalized spacial score (nSPS) is 15.9. The van der Waals surface area contributed by atoms with E-state index in [4.69, 9.17) is 9.41 Å². The lowest BCUT2D eigenvalue weighted by Gasteiger charge is -2.26. The topological polar surface area (TPSA) is 37.5 Å². The van der Waals surface area contributed by atoms with E-state index in [0.717, 1.165) is 73.0 Å². The maximum Gasteiger partial charge on any atom is 0.146 e. The second kappa shape index (κ2) is 11.5. The van der Waals surface area contributed by atoms with Gasteiger partial charge in [0.05, 0.1) is 5.71 Å². The minimum Gasteiger partial charge on any atom is -0.456 e. The molecule has 3 nitrogen and oxygen atoms in total. The summed E-state index contributed by atoms with van der Waals surface area (Å²) in [6.07, 6.45) is 13.5. The minimum absolute atomic E-state index is 0.309. The SMILES string of the molecule is c1ccc2c(c#1)c1cc(-c3ccc4oc5cccc(C6N=C(c7ccccc7)C=C(C7=CCC=CC=C7)N6)c5c4c3)ccc1c1ccccc21. The molecule has 0 bridgehead atoms. The van der Waals surface area contributed by atoms with Crippen molar-refractivity contribution in [1.29, 1.82) is 0 Å². The quantitative estimate of drug-likeness (QED) is 0.195. The maximum atomic E-state index is 6.49. The van der Waals surface area contributed by atoms with Gasteiger partial charge in [-0.05, 0) is 98.1 Å². The van der Waals surface area contributed by atoms with Gasteiger partial charge in [-0.1, -0.05) is 127 Å². The molecular formula is C47H30N2O. The van der Waals surface area contributed by atoms with Gasteiger partial charge in [0.25, 0.3) is 0 Å². The van der Waals surface area contributed by atoms with E-state index in [1.54, 1.807) is 0 Å². The smallest absolute Gasteiger partial charge is 0.146 e. The molecule has 0 saturated carbocycles. The van der Waals surface area contributed by atoms with Crippen molar-refractivity contribution in [2.45, 2.75) is 12.6 Å². The van der Waals surface area contributed by atoms with Crippen LogP contribution in [-0.2, 0) is 0 Å². The molecule has 0 spiro atoms. The van der Waals surface area contributed by atoms with Gasteiger partial charge in [-0.2, -0.15) is 0 Å². The Bertz CT molecular complexity index is 2780. The number of furan rings is 1. The van der Waals surface area contributed by atoms with Crippen molar-refractivity contribution in [3.63, 3.8) is 0 Å². The number of benzene rings is 6. The number of rotatable bonds is 4. The van der Waals surface area contributed by atoms with Crippen LogP contribution in [0.1, 0.15) is 23.7 Å². The van der Waals surface area contributed by atoms with Crippen molar-refractivity contribution >= 4 is 60.0 Å². The van der Waals surface area contributed by atoms with Crippen LogP contribution in [0.15, 0.2) is 178 Å². The van der Waals surface area contributed by atoms with Crippen LogP contribution < -0.4 is 5.32 Å². The van der Waals surface area contributed by atoms with Crippen molar-refractivity contribution in [2.24, 2.45) is 4.99 Å². The van der Waals surface area contributed by atoms with Crippen molar-refractivity contribution in [2.75, 3.05) is 0 Å². The van der Waals surface area contributed by atoms with Crippen LogP contribution in [0.5, 0.6) is 0 Å². The first-order chi connectivity index (χ1) is 24.8. The first kappa shape index (κ1) is 28.4. The van der Waals surface area contributed by atoms with Crippen molar-refractivity contribution in [3.8, 4) is 11.1 Å². The first-order valence-corrected chi connectivity index (χ1v) is 17.1. The fraction of sp³-hybridized carbons (Fsp3) is 0.0426. The highest BCUT2D eigenvalue weighted by Crippen LogP contribution is 2.40. The molecule has 7 aromatic carbocycles. The number of aliphatic imine (C=N–C) groups is 1. The molecule has 0 amide bonds. The Morgan fingerprint density at radius 2 is 1.46 bits per heavy atom. The summed E-state index contributed by atoms with van der Waals surface area (Å²) in [5.41, 5.74) is 9.31.